The Morgan fingerprint density at radius 2 is 1.11 bits per heavy atom. The van der Waals surface area contributed by atoms with E-state index in [4.69, 9.17) is 0 Å². The molecule has 2 rings (SSSR count). The highest BCUT2D eigenvalue weighted by molar-refractivity contribution is 7.91. The maximum atomic E-state index is 11.8. The molecule has 11 heteroatoms. The van der Waals surface area contributed by atoms with E-state index in [-0.39, 0.29) is 22.7 Å². The van der Waals surface area contributed by atoms with Gasteiger partial charge < -0.3 is 0 Å². The second kappa shape index (κ2) is 14.2. The molecule has 0 heterocycles. The molecule has 0 aromatic heterocycles. The van der Waals surface area contributed by atoms with Gasteiger partial charge in [-0.3, -0.25) is 14.3 Å². The van der Waals surface area contributed by atoms with Crippen LogP contribution in [-0.2, 0) is 29.8 Å². The van der Waals surface area contributed by atoms with Crippen LogP contribution in [-0.4, -0.2) is 45.9 Å². The third kappa shape index (κ3) is 15.3. The van der Waals surface area contributed by atoms with E-state index in [1.54, 1.807) is 48.5 Å². The molecule has 3 N–H and O–H groups in total. The highest BCUT2D eigenvalue weighted by Gasteiger charge is 2.38. The maximum absolute atomic E-state index is 11.8. The molecule has 2 saturated carbocycles. The molecule has 0 bridgehead atoms. The van der Waals surface area contributed by atoms with Gasteiger partial charge in [-0.1, -0.05) is 60.8 Å². The van der Waals surface area contributed by atoms with E-state index in [0.29, 0.717) is 24.5 Å². The topological polar surface area (TPSA) is 139 Å². The largest absolute Gasteiger partial charge is 0.299 e. The Balaban J connectivity index is 0.000000513. The lowest BCUT2D eigenvalue weighted by Crippen LogP contribution is -2.43. The summed E-state index contributed by atoms with van der Waals surface area (Å²) < 4.78 is 51.6. The first kappa shape index (κ1) is 35.0. The van der Waals surface area contributed by atoms with E-state index in [2.05, 4.69) is 14.2 Å². The molecule has 9 nitrogen and oxygen atoms in total. The van der Waals surface area contributed by atoms with Crippen molar-refractivity contribution in [1.82, 2.24) is 14.2 Å². The zero-order valence-corrected chi connectivity index (χ0v) is 25.7. The summed E-state index contributed by atoms with van der Waals surface area (Å²) in [5, 5.41) is -0.334. The predicted octanol–water partition coefficient (Wildman–Crippen LogP) is 4.05. The van der Waals surface area contributed by atoms with Crippen molar-refractivity contribution in [2.45, 2.75) is 132 Å². The average molecular weight is 554 g/mol. The van der Waals surface area contributed by atoms with Crippen molar-refractivity contribution >= 4 is 31.9 Å². The smallest absolute Gasteiger partial charge is 0.277 e. The van der Waals surface area contributed by atoms with Crippen LogP contribution in [0.25, 0.3) is 0 Å². The molecule has 0 unspecified atom stereocenters. The number of ketones is 1. The van der Waals surface area contributed by atoms with E-state index in [0.717, 1.165) is 12.8 Å². The van der Waals surface area contributed by atoms with Gasteiger partial charge >= 0.3 is 0 Å². The number of hydrogen-bond donors (Lipinski definition) is 3. The number of nitrogens with one attached hydrogen (secondary N) is 3. The molecule has 0 radical (unpaired) electrons. The number of carbonyl (C=O) groups is 2. The third-order valence-electron chi connectivity index (χ3n) is 5.38. The summed E-state index contributed by atoms with van der Waals surface area (Å²) in [6.45, 7) is 18.3. The second-order valence-corrected chi connectivity index (χ2v) is 15.9. The zero-order chi connectivity index (χ0) is 28.5. The number of amides is 1. The highest BCUT2D eigenvalue weighted by atomic mass is 32.2. The lowest BCUT2D eigenvalue weighted by molar-refractivity contribution is -0.131. The molecule has 214 valence electrons. The van der Waals surface area contributed by atoms with Gasteiger partial charge in [-0.2, -0.15) is 17.9 Å². The number of sulfonamides is 1. The molecule has 1 amide bonds. The van der Waals surface area contributed by atoms with Gasteiger partial charge in [0.05, 0.1) is 5.25 Å². The SMILES string of the molecule is CC(C)(C)C(=O)C1CCCCC1.CC(C)(C)C(=O)NS(=O)(=O)C1CC1.CC(C)NS(=O)(=O)NC(C)C. The molecule has 0 aromatic rings. The first-order valence-corrected chi connectivity index (χ1v) is 16.0. The van der Waals surface area contributed by atoms with E-state index < -0.39 is 31.6 Å². The molecule has 0 spiro atoms. The Labute approximate surface area is 220 Å². The van der Waals surface area contributed by atoms with Crippen LogP contribution in [0.15, 0.2) is 0 Å². The quantitative estimate of drug-likeness (QED) is 0.435. The van der Waals surface area contributed by atoms with Gasteiger partial charge in [-0.05, 0) is 53.4 Å². The van der Waals surface area contributed by atoms with Crippen LogP contribution < -0.4 is 14.2 Å². The summed E-state index contributed by atoms with van der Waals surface area (Å²) in [4.78, 5) is 23.1. The van der Waals surface area contributed by atoms with Gasteiger partial charge in [-0.15, -0.1) is 0 Å². The fourth-order valence-electron chi connectivity index (χ4n) is 3.38. The van der Waals surface area contributed by atoms with Crippen LogP contribution in [0, 0.1) is 16.7 Å². The Morgan fingerprint density at radius 3 is 1.42 bits per heavy atom. The van der Waals surface area contributed by atoms with Crippen molar-refractivity contribution in [3.63, 3.8) is 0 Å². The van der Waals surface area contributed by atoms with Gasteiger partial charge in [0.25, 0.3) is 10.2 Å². The molecule has 2 fully saturated rings. The van der Waals surface area contributed by atoms with Crippen LogP contribution in [0.2, 0.25) is 0 Å². The Morgan fingerprint density at radius 1 is 0.694 bits per heavy atom. The summed E-state index contributed by atoms with van der Waals surface area (Å²) >= 11 is 0. The van der Waals surface area contributed by atoms with E-state index in [9.17, 15) is 26.4 Å². The third-order valence-corrected chi connectivity index (χ3v) is 8.76. The minimum Gasteiger partial charge on any atom is -0.299 e. The van der Waals surface area contributed by atoms with Gasteiger partial charge in [0.15, 0.2) is 0 Å². The monoisotopic (exact) mass is 553 g/mol. The highest BCUT2D eigenvalue weighted by Crippen LogP contribution is 2.31. The van der Waals surface area contributed by atoms with Crippen molar-refractivity contribution in [2.24, 2.45) is 16.7 Å². The molecule has 2 aliphatic carbocycles. The van der Waals surface area contributed by atoms with E-state index in [1.807, 2.05) is 20.8 Å². The van der Waals surface area contributed by atoms with Gasteiger partial charge in [0.1, 0.15) is 5.78 Å². The van der Waals surface area contributed by atoms with Crippen molar-refractivity contribution in [1.29, 1.82) is 0 Å². The molecular formula is C25H51N3O6S2. The lowest BCUT2D eigenvalue weighted by Gasteiger charge is -2.27. The molecule has 0 aliphatic heterocycles. The first-order valence-electron chi connectivity index (χ1n) is 13.0. The maximum Gasteiger partial charge on any atom is 0.277 e. The summed E-state index contributed by atoms with van der Waals surface area (Å²) in [5.41, 5.74) is -0.774. The molecule has 2 aliphatic rings. The summed E-state index contributed by atoms with van der Waals surface area (Å²) in [5.74, 6) is 0.417. The van der Waals surface area contributed by atoms with E-state index in [1.165, 1.54) is 19.3 Å². The number of carbonyl (C=O) groups excluding carboxylic acids is 2. The average Bonchev–Trinajstić information content (AvgIpc) is 3.51. The summed E-state index contributed by atoms with van der Waals surface area (Å²) in [6.07, 6.45) is 7.46. The van der Waals surface area contributed by atoms with Crippen molar-refractivity contribution < 1.29 is 26.4 Å². The Kier molecular flexibility index (Phi) is 13.8. The lowest BCUT2D eigenvalue weighted by atomic mass is 9.76. The summed E-state index contributed by atoms with van der Waals surface area (Å²) in [7, 11) is -6.65. The molecule has 36 heavy (non-hydrogen) atoms. The number of rotatable bonds is 7. The van der Waals surface area contributed by atoms with Crippen LogP contribution in [0.4, 0.5) is 0 Å². The van der Waals surface area contributed by atoms with Crippen molar-refractivity contribution in [3.05, 3.63) is 0 Å². The van der Waals surface area contributed by atoms with Crippen molar-refractivity contribution in [3.8, 4) is 0 Å². The molecule has 0 saturated heterocycles. The minimum absolute atomic E-state index is 0.0637. The van der Waals surface area contributed by atoms with Gasteiger partial charge in [-0.25, -0.2) is 8.42 Å². The Hall–Kier alpha value is -1.04. The Bertz CT molecular complexity index is 888. The molecule has 0 aromatic carbocycles. The standard InChI is InChI=1S/C11H20O.C8H15NO3S.C6H16N2O2S/c1-11(2,3)10(12)9-7-5-4-6-8-9;1-8(2,3)7(10)9-13(11,12)6-4-5-6;1-5(2)7-11(9,10)8-6(3)4/h9H,4-8H2,1-3H3;6H,4-5H2,1-3H3,(H,9,10);5-8H,1-4H3. The second-order valence-electron chi connectivity index (χ2n) is 12.4. The molecule has 0 atom stereocenters. The fourth-order valence-corrected chi connectivity index (χ4v) is 6.17. The zero-order valence-electron chi connectivity index (χ0n) is 24.0. The summed E-state index contributed by atoms with van der Waals surface area (Å²) in [6, 6.07) is -0.127. The first-order chi connectivity index (χ1) is 16.1. The van der Waals surface area contributed by atoms with Gasteiger partial charge in [0.2, 0.25) is 15.9 Å². The number of Topliss-reactive ketones (excluding diaryl/α,β-unsaturated/α-hetero) is 1. The van der Waals surface area contributed by atoms with Crippen LogP contribution in [0.1, 0.15) is 114 Å². The van der Waals surface area contributed by atoms with E-state index >= 15 is 0 Å². The van der Waals surface area contributed by atoms with Crippen molar-refractivity contribution in [2.75, 3.05) is 0 Å². The van der Waals surface area contributed by atoms with Gasteiger partial charge in [0, 0.05) is 28.8 Å². The fraction of sp³-hybridized carbons (Fsp3) is 0.920. The minimum atomic E-state index is -3.37. The number of hydrogen-bond acceptors (Lipinski definition) is 6. The van der Waals surface area contributed by atoms with Crippen LogP contribution in [0.5, 0.6) is 0 Å². The van der Waals surface area contributed by atoms with Crippen LogP contribution >= 0.6 is 0 Å². The molecular weight excluding hydrogens is 502 g/mol. The normalized spacial score (nSPS) is 17.6. The predicted molar refractivity (Wildman–Crippen MR) is 146 cm³/mol. The van der Waals surface area contributed by atoms with Crippen LogP contribution in [0.3, 0.4) is 0 Å².